The van der Waals surface area contributed by atoms with Crippen LogP contribution < -0.4 is 15.6 Å². The van der Waals surface area contributed by atoms with E-state index in [4.69, 9.17) is 36.2 Å². The summed E-state index contributed by atoms with van der Waals surface area (Å²) in [6.07, 6.45) is 2.70. The number of pyridine rings is 1. The molecular weight excluding hydrogens is 635 g/mol. The lowest BCUT2D eigenvalue weighted by molar-refractivity contribution is 0.112. The zero-order valence-electron chi connectivity index (χ0n) is 27.0. The van der Waals surface area contributed by atoms with Gasteiger partial charge in [0.15, 0.2) is 0 Å². The van der Waals surface area contributed by atoms with Gasteiger partial charge in [-0.05, 0) is 94.0 Å². The molecule has 0 spiro atoms. The van der Waals surface area contributed by atoms with Crippen molar-refractivity contribution in [3.05, 3.63) is 118 Å². The van der Waals surface area contributed by atoms with Gasteiger partial charge in [-0.25, -0.2) is 24.6 Å². The quantitative estimate of drug-likeness (QED) is 0.0995. The van der Waals surface area contributed by atoms with Crippen LogP contribution in [0.3, 0.4) is 0 Å². The zero-order valence-corrected chi connectivity index (χ0v) is 27.8. The molecule has 1 fully saturated rings. The SMILES string of the molecule is CCONn1c(CN2CCC(c3cccc(OCc4ccc(Cl)cc4F)n3)CC2)nc2cc(C=O)ccc21.CNCc1ccc(O)cc1. The number of aldehydes is 1. The number of nitrogens with one attached hydrogen (secondary N) is 2. The Kier molecular flexibility index (Phi) is 12.3. The number of hydrogen-bond acceptors (Lipinski definition) is 9. The molecule has 12 heteroatoms. The highest BCUT2D eigenvalue weighted by Crippen LogP contribution is 2.29. The smallest absolute Gasteiger partial charge is 0.213 e. The number of rotatable bonds is 12. The monoisotopic (exact) mass is 674 g/mol. The summed E-state index contributed by atoms with van der Waals surface area (Å²) in [4.78, 5) is 28.5. The molecule has 5 aromatic rings. The third kappa shape index (κ3) is 9.29. The second-order valence-electron chi connectivity index (χ2n) is 11.4. The van der Waals surface area contributed by atoms with Crippen molar-refractivity contribution in [3.63, 3.8) is 0 Å². The number of aromatic hydroxyl groups is 1. The first-order valence-corrected chi connectivity index (χ1v) is 16.3. The molecule has 252 valence electrons. The normalized spacial score (nSPS) is 13.6. The summed E-state index contributed by atoms with van der Waals surface area (Å²) in [6, 6.07) is 22.9. The molecule has 3 aromatic carbocycles. The minimum atomic E-state index is -0.393. The predicted octanol–water partition coefficient (Wildman–Crippen LogP) is 6.60. The van der Waals surface area contributed by atoms with Crippen LogP contribution in [0.5, 0.6) is 11.6 Å². The van der Waals surface area contributed by atoms with Crippen LogP contribution >= 0.6 is 11.6 Å². The minimum Gasteiger partial charge on any atom is -0.508 e. The molecule has 2 aromatic heterocycles. The molecule has 0 saturated carbocycles. The highest BCUT2D eigenvalue weighted by atomic mass is 35.5. The number of carbonyl (C=O) groups excluding carboxylic acids is 1. The number of fused-ring (bicyclic) bond motifs is 1. The van der Waals surface area contributed by atoms with Crippen molar-refractivity contribution in [2.75, 3.05) is 32.3 Å². The van der Waals surface area contributed by atoms with Crippen LogP contribution in [0.1, 0.15) is 58.7 Å². The summed E-state index contributed by atoms with van der Waals surface area (Å²) in [6.45, 7) is 5.74. The number of ether oxygens (including phenoxy) is 1. The van der Waals surface area contributed by atoms with Gasteiger partial charge in [0, 0.05) is 40.4 Å². The van der Waals surface area contributed by atoms with Gasteiger partial charge in [0.1, 0.15) is 30.3 Å². The third-order valence-electron chi connectivity index (χ3n) is 8.01. The first-order chi connectivity index (χ1) is 23.4. The summed E-state index contributed by atoms with van der Waals surface area (Å²) in [7, 11) is 1.90. The Morgan fingerprint density at radius 2 is 1.83 bits per heavy atom. The Bertz CT molecular complexity index is 1790. The second kappa shape index (κ2) is 17.0. The van der Waals surface area contributed by atoms with E-state index >= 15 is 0 Å². The highest BCUT2D eigenvalue weighted by molar-refractivity contribution is 6.30. The van der Waals surface area contributed by atoms with E-state index in [1.807, 2.05) is 49.0 Å². The summed E-state index contributed by atoms with van der Waals surface area (Å²) in [5.74, 6) is 1.52. The number of imidazole rings is 1. The summed E-state index contributed by atoms with van der Waals surface area (Å²) >= 11 is 5.83. The molecule has 1 aliphatic heterocycles. The number of aromatic nitrogens is 3. The van der Waals surface area contributed by atoms with Crippen LogP contribution in [-0.4, -0.2) is 57.7 Å². The van der Waals surface area contributed by atoms with E-state index in [1.54, 1.807) is 42.5 Å². The maximum Gasteiger partial charge on any atom is 0.213 e. The second-order valence-corrected chi connectivity index (χ2v) is 11.9. The number of likely N-dealkylation sites (tertiary alicyclic amines) is 1. The first kappa shape index (κ1) is 34.8. The van der Waals surface area contributed by atoms with Gasteiger partial charge in [0.2, 0.25) is 5.88 Å². The maximum atomic E-state index is 14.1. The molecule has 3 heterocycles. The number of phenols is 1. The molecular formula is C36H40ClFN6O4. The van der Waals surface area contributed by atoms with Gasteiger partial charge >= 0.3 is 0 Å². The van der Waals surface area contributed by atoms with E-state index < -0.39 is 5.82 Å². The topological polar surface area (TPSA) is 114 Å². The van der Waals surface area contributed by atoms with E-state index in [1.165, 1.54) is 11.6 Å². The third-order valence-corrected chi connectivity index (χ3v) is 8.24. The fourth-order valence-electron chi connectivity index (χ4n) is 5.49. The number of piperidine rings is 1. The molecule has 0 aliphatic carbocycles. The molecule has 1 saturated heterocycles. The van der Waals surface area contributed by atoms with Crippen molar-refractivity contribution in [1.82, 2.24) is 24.9 Å². The zero-order chi connectivity index (χ0) is 33.9. The maximum absolute atomic E-state index is 14.1. The van der Waals surface area contributed by atoms with Crippen molar-refractivity contribution >= 4 is 28.9 Å². The van der Waals surface area contributed by atoms with Crippen LogP contribution in [0, 0.1) is 5.82 Å². The molecule has 0 radical (unpaired) electrons. The van der Waals surface area contributed by atoms with E-state index in [0.717, 1.165) is 61.3 Å². The Hall–Kier alpha value is -4.55. The van der Waals surface area contributed by atoms with Gasteiger partial charge in [-0.2, -0.15) is 0 Å². The van der Waals surface area contributed by atoms with Gasteiger partial charge < -0.3 is 15.2 Å². The summed E-state index contributed by atoms with van der Waals surface area (Å²) in [5, 5.41) is 12.3. The van der Waals surface area contributed by atoms with E-state index in [2.05, 4.69) is 15.8 Å². The fraction of sp³-hybridized carbons (Fsp3) is 0.306. The lowest BCUT2D eigenvalue weighted by Gasteiger charge is -2.31. The molecule has 48 heavy (non-hydrogen) atoms. The molecule has 10 nitrogen and oxygen atoms in total. The molecule has 1 aliphatic rings. The molecule has 0 atom stereocenters. The Labute approximate surface area is 284 Å². The van der Waals surface area contributed by atoms with Crippen LogP contribution in [0.2, 0.25) is 5.02 Å². The van der Waals surface area contributed by atoms with E-state index in [-0.39, 0.29) is 6.61 Å². The number of halogens is 2. The van der Waals surface area contributed by atoms with Gasteiger partial charge in [-0.3, -0.25) is 14.5 Å². The van der Waals surface area contributed by atoms with Crippen molar-refractivity contribution in [2.24, 2.45) is 0 Å². The molecule has 6 rings (SSSR count). The summed E-state index contributed by atoms with van der Waals surface area (Å²) < 4.78 is 21.7. The molecule has 3 N–H and O–H groups in total. The minimum absolute atomic E-state index is 0.0863. The highest BCUT2D eigenvalue weighted by Gasteiger charge is 2.24. The van der Waals surface area contributed by atoms with Gasteiger partial charge in [0.05, 0.1) is 24.2 Å². The summed E-state index contributed by atoms with van der Waals surface area (Å²) in [5.41, 5.74) is 7.74. The first-order valence-electron chi connectivity index (χ1n) is 15.9. The number of carbonyl (C=O) groups is 1. The molecule has 0 unspecified atom stereocenters. The lowest BCUT2D eigenvalue weighted by Crippen LogP contribution is -2.34. The Morgan fingerprint density at radius 3 is 2.54 bits per heavy atom. The van der Waals surface area contributed by atoms with Gasteiger partial charge in [-0.15, -0.1) is 0 Å². The van der Waals surface area contributed by atoms with Crippen LogP contribution in [0.4, 0.5) is 4.39 Å². The van der Waals surface area contributed by atoms with E-state index in [0.29, 0.717) is 46.8 Å². The fourth-order valence-corrected chi connectivity index (χ4v) is 5.65. The van der Waals surface area contributed by atoms with Crippen LogP contribution in [0.25, 0.3) is 11.0 Å². The number of phenolic OH excluding ortho intramolecular Hbond substituents is 1. The average Bonchev–Trinajstić information content (AvgIpc) is 3.44. The molecule has 0 bridgehead atoms. The number of nitrogens with zero attached hydrogens (tertiary/aromatic N) is 4. The standard InChI is InChI=1S/C28H29ClFN5O3.C8H11NO/c1-2-38-33-35-26-9-6-19(17-36)14-25(26)31-27(35)16-34-12-10-20(11-13-34)24-4-3-5-28(32-24)37-18-21-7-8-22(29)15-23(21)30;1-9-6-7-2-4-8(10)5-3-7/h3-9,14-15,17,20,33H,2,10-13,16,18H2,1H3;2-5,9-10H,6H2,1H3. The molecule has 0 amide bonds. The van der Waals surface area contributed by atoms with Crippen LogP contribution in [0.15, 0.2) is 78.9 Å². The Morgan fingerprint density at radius 1 is 1.04 bits per heavy atom. The largest absolute Gasteiger partial charge is 0.508 e. The van der Waals surface area contributed by atoms with E-state index in [9.17, 15) is 9.18 Å². The van der Waals surface area contributed by atoms with Crippen molar-refractivity contribution in [3.8, 4) is 11.6 Å². The van der Waals surface area contributed by atoms with Crippen LogP contribution in [-0.2, 0) is 24.5 Å². The van der Waals surface area contributed by atoms with Crippen molar-refractivity contribution < 1.29 is 23.9 Å². The van der Waals surface area contributed by atoms with Gasteiger partial charge in [-0.1, -0.05) is 35.9 Å². The average molecular weight is 675 g/mol. The van der Waals surface area contributed by atoms with Crippen molar-refractivity contribution in [1.29, 1.82) is 0 Å². The number of benzene rings is 3. The Balaban J connectivity index is 0.000000387. The van der Waals surface area contributed by atoms with Gasteiger partial charge in [0.25, 0.3) is 0 Å². The lowest BCUT2D eigenvalue weighted by atomic mass is 9.93. The predicted molar refractivity (Wildman–Crippen MR) is 184 cm³/mol. The number of hydrogen-bond donors (Lipinski definition) is 3. The van der Waals surface area contributed by atoms with Crippen molar-refractivity contribution in [2.45, 2.75) is 45.4 Å².